The van der Waals surface area contributed by atoms with Gasteiger partial charge < -0.3 is 14.9 Å². The van der Waals surface area contributed by atoms with Crippen LogP contribution >= 0.6 is 0 Å². The van der Waals surface area contributed by atoms with E-state index in [-0.39, 0.29) is 11.4 Å². The normalized spacial score (nSPS) is 22.6. The summed E-state index contributed by atoms with van der Waals surface area (Å²) in [4.78, 5) is 0. The molecule has 126 valence electrons. The van der Waals surface area contributed by atoms with Crippen LogP contribution in [-0.4, -0.2) is 31.8 Å². The second kappa shape index (κ2) is 5.29. The van der Waals surface area contributed by atoms with Crippen molar-refractivity contribution in [1.82, 2.24) is 4.72 Å². The lowest BCUT2D eigenvalue weighted by Gasteiger charge is -2.17. The third kappa shape index (κ3) is 2.44. The SMILES string of the molecule is O=S1(=O)NC(O)=CN1c1cc2cc(C3CCOC3)ccc2cc1O. The summed E-state index contributed by atoms with van der Waals surface area (Å²) in [6.45, 7) is 1.42. The van der Waals surface area contributed by atoms with Gasteiger partial charge in [-0.2, -0.15) is 8.42 Å². The average molecular weight is 348 g/mol. The Morgan fingerprint density at radius 2 is 2.00 bits per heavy atom. The fraction of sp³-hybridized carbons (Fsp3) is 0.250. The molecule has 3 N–H and O–H groups in total. The highest BCUT2D eigenvalue weighted by molar-refractivity contribution is 7.91. The Balaban J connectivity index is 1.83. The predicted octanol–water partition coefficient (Wildman–Crippen LogP) is 2.06. The number of nitrogens with zero attached hydrogens (tertiary/aromatic N) is 1. The number of aliphatic hydroxyl groups excluding tert-OH is 1. The number of hydrogen-bond acceptors (Lipinski definition) is 5. The van der Waals surface area contributed by atoms with Gasteiger partial charge in [-0.1, -0.05) is 18.2 Å². The third-order valence-corrected chi connectivity index (χ3v) is 5.62. The standard InChI is InChI=1S/C16H16N2O5S/c19-15-7-11-2-1-10(12-3-4-23-9-12)5-13(11)6-14(15)18-8-16(20)17-24(18,21)22/h1-2,5-8,12,17,19-20H,3-4,9H2. The van der Waals surface area contributed by atoms with Crippen LogP contribution in [-0.2, 0) is 14.9 Å². The molecule has 0 amide bonds. The number of phenolic OH excluding ortho intramolecular Hbond substituents is 1. The molecule has 1 unspecified atom stereocenters. The highest BCUT2D eigenvalue weighted by atomic mass is 32.2. The first-order chi connectivity index (χ1) is 11.4. The number of rotatable bonds is 2. The zero-order chi connectivity index (χ0) is 16.9. The van der Waals surface area contributed by atoms with E-state index in [4.69, 9.17) is 4.74 Å². The van der Waals surface area contributed by atoms with Crippen LogP contribution in [0.15, 0.2) is 42.4 Å². The summed E-state index contributed by atoms with van der Waals surface area (Å²) >= 11 is 0. The average Bonchev–Trinajstić information content (AvgIpc) is 3.13. The molecule has 2 heterocycles. The summed E-state index contributed by atoms with van der Waals surface area (Å²) in [6.07, 6.45) is 1.97. The summed E-state index contributed by atoms with van der Waals surface area (Å²) in [5, 5.41) is 21.2. The zero-order valence-corrected chi connectivity index (χ0v) is 13.5. The minimum Gasteiger partial charge on any atom is -0.506 e. The van der Waals surface area contributed by atoms with Gasteiger partial charge in [0, 0.05) is 12.5 Å². The largest absolute Gasteiger partial charge is 0.506 e. The van der Waals surface area contributed by atoms with Gasteiger partial charge in [0.15, 0.2) is 0 Å². The van der Waals surface area contributed by atoms with Crippen LogP contribution in [0, 0.1) is 0 Å². The Bertz CT molecular complexity index is 948. The minimum atomic E-state index is -3.95. The second-order valence-corrected chi connectivity index (χ2v) is 7.47. The van der Waals surface area contributed by atoms with E-state index in [0.29, 0.717) is 12.5 Å². The molecule has 0 aromatic heterocycles. The van der Waals surface area contributed by atoms with Crippen molar-refractivity contribution < 1.29 is 23.4 Å². The quantitative estimate of drug-likeness (QED) is 0.771. The topological polar surface area (TPSA) is 99.1 Å². The number of ether oxygens (including phenoxy) is 1. The minimum absolute atomic E-state index is 0.0823. The summed E-state index contributed by atoms with van der Waals surface area (Å²) in [6, 6.07) is 8.99. The number of aliphatic hydroxyl groups is 1. The number of benzene rings is 2. The summed E-state index contributed by atoms with van der Waals surface area (Å²) in [5.74, 6) is -0.352. The maximum absolute atomic E-state index is 12.0. The Morgan fingerprint density at radius 3 is 2.67 bits per heavy atom. The fourth-order valence-electron chi connectivity index (χ4n) is 3.11. The van der Waals surface area contributed by atoms with E-state index in [9.17, 15) is 18.6 Å². The smallest absolute Gasteiger partial charge is 0.330 e. The number of aromatic hydroxyl groups is 1. The van der Waals surface area contributed by atoms with Crippen molar-refractivity contribution in [2.24, 2.45) is 0 Å². The molecule has 1 atom stereocenters. The summed E-state index contributed by atoms with van der Waals surface area (Å²) in [5.41, 5.74) is 1.20. The molecule has 0 spiro atoms. The number of nitrogens with one attached hydrogen (secondary N) is 1. The van der Waals surface area contributed by atoms with Crippen LogP contribution in [0.3, 0.4) is 0 Å². The third-order valence-electron chi connectivity index (χ3n) is 4.33. The number of fused-ring (bicyclic) bond motifs is 1. The highest BCUT2D eigenvalue weighted by Crippen LogP contribution is 2.37. The Hall–Kier alpha value is -2.45. The van der Waals surface area contributed by atoms with Crippen LogP contribution in [0.1, 0.15) is 17.9 Å². The van der Waals surface area contributed by atoms with Crippen LogP contribution in [0.25, 0.3) is 10.8 Å². The molecule has 1 fully saturated rings. The van der Waals surface area contributed by atoms with Crippen LogP contribution in [0.5, 0.6) is 5.75 Å². The van der Waals surface area contributed by atoms with E-state index < -0.39 is 16.1 Å². The molecule has 8 heteroatoms. The second-order valence-electron chi connectivity index (χ2n) is 5.93. The van der Waals surface area contributed by atoms with Gasteiger partial charge in [-0.05, 0) is 34.9 Å². The molecule has 0 saturated carbocycles. The molecular formula is C16H16N2O5S. The van der Waals surface area contributed by atoms with Crippen molar-refractivity contribution in [3.63, 3.8) is 0 Å². The van der Waals surface area contributed by atoms with E-state index in [1.54, 1.807) is 6.07 Å². The summed E-state index contributed by atoms with van der Waals surface area (Å²) in [7, 11) is -3.95. The molecule has 2 aromatic rings. The van der Waals surface area contributed by atoms with E-state index >= 15 is 0 Å². The highest BCUT2D eigenvalue weighted by Gasteiger charge is 2.30. The summed E-state index contributed by atoms with van der Waals surface area (Å²) < 4.78 is 32.2. The predicted molar refractivity (Wildman–Crippen MR) is 89.0 cm³/mol. The molecule has 1 saturated heterocycles. The number of hydrogen-bond donors (Lipinski definition) is 3. The van der Waals surface area contributed by atoms with E-state index in [1.165, 1.54) is 6.07 Å². The monoisotopic (exact) mass is 348 g/mol. The van der Waals surface area contributed by atoms with E-state index in [2.05, 4.69) is 0 Å². The zero-order valence-electron chi connectivity index (χ0n) is 12.6. The maximum Gasteiger partial charge on any atom is 0.330 e. The molecule has 4 rings (SSSR count). The molecule has 0 bridgehead atoms. The lowest BCUT2D eigenvalue weighted by atomic mass is 9.95. The lowest BCUT2D eigenvalue weighted by Crippen LogP contribution is -2.29. The molecule has 2 aromatic carbocycles. The van der Waals surface area contributed by atoms with Crippen LogP contribution < -0.4 is 9.03 Å². The van der Waals surface area contributed by atoms with Crippen LogP contribution in [0.2, 0.25) is 0 Å². The Kier molecular flexibility index (Phi) is 3.33. The Labute approximate surface area is 139 Å². The fourth-order valence-corrected chi connectivity index (χ4v) is 4.17. The lowest BCUT2D eigenvalue weighted by molar-refractivity contribution is 0.194. The van der Waals surface area contributed by atoms with E-state index in [1.807, 2.05) is 22.9 Å². The van der Waals surface area contributed by atoms with Crippen molar-refractivity contribution in [3.05, 3.63) is 48.0 Å². The number of anilines is 1. The van der Waals surface area contributed by atoms with Gasteiger partial charge in [-0.3, -0.25) is 0 Å². The first-order valence-electron chi connectivity index (χ1n) is 7.51. The van der Waals surface area contributed by atoms with Crippen LogP contribution in [0.4, 0.5) is 5.69 Å². The molecule has 2 aliphatic heterocycles. The number of phenols is 1. The molecular weight excluding hydrogens is 332 g/mol. The van der Waals surface area contributed by atoms with Crippen molar-refractivity contribution >= 4 is 26.7 Å². The molecule has 0 aliphatic carbocycles. The van der Waals surface area contributed by atoms with E-state index in [0.717, 1.165) is 39.9 Å². The van der Waals surface area contributed by atoms with Gasteiger partial charge in [-0.25, -0.2) is 9.03 Å². The first kappa shape index (κ1) is 15.1. The van der Waals surface area contributed by atoms with Crippen molar-refractivity contribution in [1.29, 1.82) is 0 Å². The van der Waals surface area contributed by atoms with Gasteiger partial charge in [0.1, 0.15) is 11.4 Å². The maximum atomic E-state index is 12.0. The molecule has 2 aliphatic rings. The molecule has 7 nitrogen and oxygen atoms in total. The van der Waals surface area contributed by atoms with Gasteiger partial charge in [0.2, 0.25) is 5.88 Å². The molecule has 24 heavy (non-hydrogen) atoms. The van der Waals surface area contributed by atoms with Gasteiger partial charge in [-0.15, -0.1) is 0 Å². The van der Waals surface area contributed by atoms with Crippen molar-refractivity contribution in [3.8, 4) is 5.75 Å². The van der Waals surface area contributed by atoms with Gasteiger partial charge in [0.25, 0.3) is 0 Å². The first-order valence-corrected chi connectivity index (χ1v) is 8.95. The molecule has 0 radical (unpaired) electrons. The van der Waals surface area contributed by atoms with Crippen molar-refractivity contribution in [2.45, 2.75) is 12.3 Å². The van der Waals surface area contributed by atoms with Gasteiger partial charge in [0.05, 0.1) is 12.8 Å². The Morgan fingerprint density at radius 1 is 1.17 bits per heavy atom. The van der Waals surface area contributed by atoms with Gasteiger partial charge >= 0.3 is 10.2 Å². The van der Waals surface area contributed by atoms with Crippen molar-refractivity contribution in [2.75, 3.05) is 17.5 Å².